The Morgan fingerprint density at radius 2 is 2.05 bits per heavy atom. The molecule has 1 aliphatic rings. The fourth-order valence-electron chi connectivity index (χ4n) is 4.89. The molecule has 3 aromatic heterocycles. The smallest absolute Gasteiger partial charge is 0.263 e. The lowest BCUT2D eigenvalue weighted by Crippen LogP contribution is -2.24. The van der Waals surface area contributed by atoms with Crippen molar-refractivity contribution < 1.29 is 4.74 Å². The SMILES string of the molecule is C=C(C)Cn1c(SCc2nc3ccc(SNc4ccccc4OC)cc3[nH]2)nc2sc3c(c2c1=O)CCCC3. The van der Waals surface area contributed by atoms with Gasteiger partial charge in [0.05, 0.1) is 35.0 Å². The number of hydrogen-bond acceptors (Lipinski definition) is 8. The molecular formula is C29H29N5O2S3. The van der Waals surface area contributed by atoms with Crippen molar-refractivity contribution in [1.29, 1.82) is 0 Å². The van der Waals surface area contributed by atoms with Gasteiger partial charge in [-0.05, 0) is 80.5 Å². The first kappa shape index (κ1) is 26.0. The number of aromatic amines is 1. The van der Waals surface area contributed by atoms with Gasteiger partial charge in [0.2, 0.25) is 0 Å². The number of aryl methyl sites for hydroxylation is 2. The van der Waals surface area contributed by atoms with Gasteiger partial charge in [0.1, 0.15) is 16.4 Å². The van der Waals surface area contributed by atoms with Crippen LogP contribution in [-0.4, -0.2) is 26.6 Å². The lowest BCUT2D eigenvalue weighted by atomic mass is 9.97. The molecule has 3 heterocycles. The van der Waals surface area contributed by atoms with E-state index in [1.807, 2.05) is 43.3 Å². The summed E-state index contributed by atoms with van der Waals surface area (Å²) in [6.07, 6.45) is 4.34. The maximum atomic E-state index is 13.6. The van der Waals surface area contributed by atoms with E-state index in [0.29, 0.717) is 17.5 Å². The third kappa shape index (κ3) is 5.33. The average Bonchev–Trinajstić information content (AvgIpc) is 3.53. The van der Waals surface area contributed by atoms with Gasteiger partial charge in [-0.3, -0.25) is 9.36 Å². The van der Waals surface area contributed by atoms with E-state index in [9.17, 15) is 4.79 Å². The molecule has 0 spiro atoms. The number of imidazole rings is 1. The molecule has 5 aromatic rings. The molecule has 0 fully saturated rings. The van der Waals surface area contributed by atoms with Crippen LogP contribution in [0.3, 0.4) is 0 Å². The number of rotatable bonds is 9. The molecule has 0 bridgehead atoms. The topological polar surface area (TPSA) is 84.8 Å². The van der Waals surface area contributed by atoms with Crippen molar-refractivity contribution in [3.63, 3.8) is 0 Å². The van der Waals surface area contributed by atoms with Gasteiger partial charge in [-0.25, -0.2) is 9.97 Å². The Balaban J connectivity index is 1.23. The minimum Gasteiger partial charge on any atom is -0.495 e. The second kappa shape index (κ2) is 11.1. The number of aromatic nitrogens is 4. The Kier molecular flexibility index (Phi) is 7.42. The molecule has 0 amide bonds. The summed E-state index contributed by atoms with van der Waals surface area (Å²) in [5.41, 5.74) is 4.99. The predicted octanol–water partition coefficient (Wildman–Crippen LogP) is 7.21. The van der Waals surface area contributed by atoms with Crippen molar-refractivity contribution in [2.45, 2.75) is 55.0 Å². The lowest BCUT2D eigenvalue weighted by Gasteiger charge is -2.13. The van der Waals surface area contributed by atoms with E-state index in [1.54, 1.807) is 34.8 Å². The number of methoxy groups -OCH3 is 1. The summed E-state index contributed by atoms with van der Waals surface area (Å²) >= 11 is 4.75. The Labute approximate surface area is 239 Å². The summed E-state index contributed by atoms with van der Waals surface area (Å²) in [4.78, 5) is 30.1. The van der Waals surface area contributed by atoms with Crippen molar-refractivity contribution in [2.24, 2.45) is 0 Å². The summed E-state index contributed by atoms with van der Waals surface area (Å²) < 4.78 is 10.6. The van der Waals surface area contributed by atoms with E-state index in [2.05, 4.69) is 22.4 Å². The molecule has 2 aromatic carbocycles. The van der Waals surface area contributed by atoms with Gasteiger partial charge in [0, 0.05) is 16.3 Å². The Morgan fingerprint density at radius 3 is 2.90 bits per heavy atom. The second-order valence-corrected chi connectivity index (χ2v) is 12.6. The Hall–Kier alpha value is -3.21. The van der Waals surface area contributed by atoms with Gasteiger partial charge in [-0.15, -0.1) is 11.3 Å². The molecule has 0 unspecified atom stereocenters. The average molecular weight is 576 g/mol. The number of thioether (sulfide) groups is 1. The van der Waals surface area contributed by atoms with Crippen LogP contribution in [0.5, 0.6) is 5.75 Å². The molecule has 6 rings (SSSR count). The Bertz CT molecular complexity index is 1750. The van der Waals surface area contributed by atoms with E-state index in [1.165, 1.54) is 28.8 Å². The number of ether oxygens (including phenoxy) is 1. The van der Waals surface area contributed by atoms with Crippen LogP contribution in [0.15, 0.2) is 69.5 Å². The van der Waals surface area contributed by atoms with Crippen LogP contribution in [0.2, 0.25) is 0 Å². The molecule has 2 N–H and O–H groups in total. The number of H-pyrrole nitrogens is 1. The predicted molar refractivity (Wildman–Crippen MR) is 163 cm³/mol. The normalized spacial score (nSPS) is 13.1. The summed E-state index contributed by atoms with van der Waals surface area (Å²) in [5, 5.41) is 1.53. The van der Waals surface area contributed by atoms with Crippen LogP contribution >= 0.6 is 35.0 Å². The molecule has 0 radical (unpaired) electrons. The van der Waals surface area contributed by atoms with Crippen molar-refractivity contribution in [3.8, 4) is 5.75 Å². The van der Waals surface area contributed by atoms with E-state index in [-0.39, 0.29) is 5.56 Å². The molecule has 1 aliphatic carbocycles. The minimum absolute atomic E-state index is 0.0544. The summed E-state index contributed by atoms with van der Waals surface area (Å²) in [7, 11) is 1.67. The van der Waals surface area contributed by atoms with Crippen LogP contribution in [0.4, 0.5) is 5.69 Å². The number of allylic oxidation sites excluding steroid dienone is 1. The first-order valence-electron chi connectivity index (χ1n) is 12.9. The molecule has 0 saturated heterocycles. The molecule has 200 valence electrons. The standard InChI is InChI=1S/C29H29N5O2S3/c1-17(2)15-34-28(35)26-19-8-4-7-11-24(19)38-27(26)32-29(34)37-16-25-30-20-13-12-18(14-22(20)31-25)39-33-21-9-5-6-10-23(21)36-3/h5-6,9-10,12-14,33H,1,4,7-8,11,15-16H2,2-3H3,(H,30,31). The van der Waals surface area contributed by atoms with Gasteiger partial charge in [0.15, 0.2) is 5.16 Å². The van der Waals surface area contributed by atoms with Crippen molar-refractivity contribution in [1.82, 2.24) is 19.5 Å². The highest BCUT2D eigenvalue weighted by molar-refractivity contribution is 8.00. The van der Waals surface area contributed by atoms with Crippen molar-refractivity contribution in [3.05, 3.63) is 81.2 Å². The number of nitrogens with zero attached hydrogens (tertiary/aromatic N) is 3. The van der Waals surface area contributed by atoms with Gasteiger partial charge < -0.3 is 14.4 Å². The highest BCUT2D eigenvalue weighted by Crippen LogP contribution is 2.35. The third-order valence-electron chi connectivity index (χ3n) is 6.69. The van der Waals surface area contributed by atoms with Crippen LogP contribution in [0.25, 0.3) is 21.3 Å². The number of benzene rings is 2. The number of fused-ring (bicyclic) bond motifs is 4. The van der Waals surface area contributed by atoms with Crippen molar-refractivity contribution in [2.75, 3.05) is 11.8 Å². The van der Waals surface area contributed by atoms with E-state index >= 15 is 0 Å². The summed E-state index contributed by atoms with van der Waals surface area (Å²) in [6, 6.07) is 14.0. The second-order valence-electron chi connectivity index (χ2n) is 9.69. The zero-order chi connectivity index (χ0) is 26.9. The number of anilines is 1. The zero-order valence-corrected chi connectivity index (χ0v) is 24.3. The van der Waals surface area contributed by atoms with Crippen LogP contribution in [0, 0.1) is 0 Å². The summed E-state index contributed by atoms with van der Waals surface area (Å²) in [6.45, 7) is 6.48. The third-order valence-corrected chi connectivity index (χ3v) is 9.68. The molecule has 0 atom stereocenters. The first-order valence-corrected chi connectivity index (χ1v) is 15.5. The quantitative estimate of drug-likeness (QED) is 0.0831. The number of nitrogens with one attached hydrogen (secondary N) is 2. The Morgan fingerprint density at radius 1 is 1.21 bits per heavy atom. The van der Waals surface area contributed by atoms with E-state index in [0.717, 1.165) is 68.2 Å². The van der Waals surface area contributed by atoms with E-state index < -0.39 is 0 Å². The van der Waals surface area contributed by atoms with Gasteiger partial charge >= 0.3 is 0 Å². The van der Waals surface area contributed by atoms with Crippen LogP contribution in [0.1, 0.15) is 36.0 Å². The maximum Gasteiger partial charge on any atom is 0.263 e. The minimum atomic E-state index is 0.0544. The molecule has 10 heteroatoms. The highest BCUT2D eigenvalue weighted by Gasteiger charge is 2.22. The van der Waals surface area contributed by atoms with Gasteiger partial charge in [-0.2, -0.15) is 0 Å². The number of hydrogen-bond donors (Lipinski definition) is 2. The largest absolute Gasteiger partial charge is 0.495 e. The summed E-state index contributed by atoms with van der Waals surface area (Å²) in [5.74, 6) is 2.22. The van der Waals surface area contributed by atoms with Gasteiger partial charge in [-0.1, -0.05) is 36.0 Å². The monoisotopic (exact) mass is 575 g/mol. The molecule has 0 saturated carbocycles. The van der Waals surface area contributed by atoms with Crippen LogP contribution in [-0.2, 0) is 25.1 Å². The van der Waals surface area contributed by atoms with Crippen molar-refractivity contribution >= 4 is 62.0 Å². The first-order chi connectivity index (χ1) is 19.0. The van der Waals surface area contributed by atoms with E-state index in [4.69, 9.17) is 14.7 Å². The molecule has 0 aliphatic heterocycles. The fraction of sp³-hybridized carbons (Fsp3) is 0.276. The molecule has 7 nitrogen and oxygen atoms in total. The molecular weight excluding hydrogens is 547 g/mol. The molecule has 39 heavy (non-hydrogen) atoms. The zero-order valence-electron chi connectivity index (χ0n) is 21.9. The van der Waals surface area contributed by atoms with Gasteiger partial charge in [0.25, 0.3) is 5.56 Å². The maximum absolute atomic E-state index is 13.6. The highest BCUT2D eigenvalue weighted by atomic mass is 32.2. The lowest BCUT2D eigenvalue weighted by molar-refractivity contribution is 0.417. The number of thiophene rings is 1. The van der Waals surface area contributed by atoms with Crippen LogP contribution < -0.4 is 15.0 Å². The number of para-hydroxylation sites is 2. The fourth-order valence-corrected chi connectivity index (χ4v) is 7.77.